The fourth-order valence-corrected chi connectivity index (χ4v) is 1.19. The van der Waals surface area contributed by atoms with Gasteiger partial charge in [-0.05, 0) is 13.1 Å². The minimum Gasteiger partial charge on any atom is -0.287 e. The van der Waals surface area contributed by atoms with Gasteiger partial charge in [-0.2, -0.15) is 0 Å². The molecule has 0 aliphatic rings. The quantitative estimate of drug-likeness (QED) is 0.461. The summed E-state index contributed by atoms with van der Waals surface area (Å²) in [6.45, 7) is 6.09. The summed E-state index contributed by atoms with van der Waals surface area (Å²) in [5.74, 6) is 0.503. The molecule has 0 aromatic rings. The van der Waals surface area contributed by atoms with Gasteiger partial charge in [0.05, 0.1) is 11.4 Å². The lowest BCUT2D eigenvalue weighted by Crippen LogP contribution is -2.31. The summed E-state index contributed by atoms with van der Waals surface area (Å²) in [5.41, 5.74) is 0.00154. The van der Waals surface area contributed by atoms with Crippen LogP contribution in [0.4, 0.5) is 0 Å². The van der Waals surface area contributed by atoms with Gasteiger partial charge in [-0.25, -0.2) is 0 Å². The molecule has 0 aliphatic heterocycles. The molecule has 0 saturated carbocycles. The number of alkyl halides is 2. The maximum atomic E-state index is 5.83. The summed E-state index contributed by atoms with van der Waals surface area (Å²) >= 11 is 11.4. The minimum absolute atomic E-state index is 0.00154. The third kappa shape index (κ3) is 3.29. The number of nitrogens with zero attached hydrogens (tertiary/aromatic N) is 1. The highest BCUT2D eigenvalue weighted by atomic mass is 35.5. The van der Waals surface area contributed by atoms with Gasteiger partial charge in [0.25, 0.3) is 0 Å². The lowest BCUT2D eigenvalue weighted by atomic mass is 10.5. The van der Waals surface area contributed by atoms with Gasteiger partial charge >= 0.3 is 0 Å². The Morgan fingerprint density at radius 1 is 1.33 bits per heavy atom. The molecule has 0 spiro atoms. The van der Waals surface area contributed by atoms with E-state index < -0.39 is 0 Å². The number of halogens is 2. The monoisotopic (exact) mass is 169 g/mol. The SMILES string of the molecule is CCN(CC)C(Cl)CCl. The summed E-state index contributed by atoms with van der Waals surface area (Å²) in [4.78, 5) is 2.11. The molecule has 0 saturated heterocycles. The van der Waals surface area contributed by atoms with Crippen LogP contribution in [0.5, 0.6) is 0 Å². The van der Waals surface area contributed by atoms with Gasteiger partial charge < -0.3 is 0 Å². The van der Waals surface area contributed by atoms with Crippen molar-refractivity contribution in [3.8, 4) is 0 Å². The Hall–Kier alpha value is 0.540. The van der Waals surface area contributed by atoms with Crippen molar-refractivity contribution < 1.29 is 0 Å². The van der Waals surface area contributed by atoms with E-state index in [-0.39, 0.29) is 5.50 Å². The molecule has 1 atom stereocenters. The van der Waals surface area contributed by atoms with Gasteiger partial charge in [0.2, 0.25) is 0 Å². The molecule has 0 radical (unpaired) electrons. The standard InChI is InChI=1S/C6H13Cl2N/c1-3-9(4-2)6(8)5-7/h6H,3-5H2,1-2H3. The highest BCUT2D eigenvalue weighted by Gasteiger charge is 2.08. The summed E-state index contributed by atoms with van der Waals surface area (Å²) in [6, 6.07) is 0. The largest absolute Gasteiger partial charge is 0.287 e. The smallest absolute Gasteiger partial charge is 0.0987 e. The zero-order valence-electron chi connectivity index (χ0n) is 5.90. The molecule has 0 amide bonds. The summed E-state index contributed by atoms with van der Waals surface area (Å²) < 4.78 is 0. The number of hydrogen-bond donors (Lipinski definition) is 0. The minimum atomic E-state index is 0.00154. The van der Waals surface area contributed by atoms with Gasteiger partial charge in [0.15, 0.2) is 0 Å². The summed E-state index contributed by atoms with van der Waals surface area (Å²) in [5, 5.41) is 0. The predicted molar refractivity (Wildman–Crippen MR) is 43.3 cm³/mol. The second-order valence-corrected chi connectivity index (χ2v) is 2.62. The van der Waals surface area contributed by atoms with Crippen molar-refractivity contribution in [2.45, 2.75) is 19.3 Å². The zero-order chi connectivity index (χ0) is 7.28. The molecule has 1 nitrogen and oxygen atoms in total. The molecular formula is C6H13Cl2N. The van der Waals surface area contributed by atoms with Crippen LogP contribution in [0.1, 0.15) is 13.8 Å². The highest BCUT2D eigenvalue weighted by molar-refractivity contribution is 6.27. The van der Waals surface area contributed by atoms with E-state index in [4.69, 9.17) is 23.2 Å². The Morgan fingerprint density at radius 3 is 1.89 bits per heavy atom. The van der Waals surface area contributed by atoms with Gasteiger partial charge in [0, 0.05) is 0 Å². The van der Waals surface area contributed by atoms with E-state index in [1.807, 2.05) is 0 Å². The van der Waals surface area contributed by atoms with Gasteiger partial charge in [-0.15, -0.1) is 23.2 Å². The molecule has 0 heterocycles. The molecule has 0 rings (SSSR count). The Bertz CT molecular complexity index is 64.1. The first-order valence-electron chi connectivity index (χ1n) is 3.20. The van der Waals surface area contributed by atoms with Crippen LogP contribution in [0.3, 0.4) is 0 Å². The maximum Gasteiger partial charge on any atom is 0.0987 e. The van der Waals surface area contributed by atoms with Crippen molar-refractivity contribution in [3.05, 3.63) is 0 Å². The first-order chi connectivity index (χ1) is 4.26. The average molecular weight is 170 g/mol. The third-order valence-electron chi connectivity index (χ3n) is 1.34. The molecule has 0 fully saturated rings. The Labute approximate surface area is 66.9 Å². The first kappa shape index (κ1) is 9.54. The van der Waals surface area contributed by atoms with Crippen LogP contribution >= 0.6 is 23.2 Å². The van der Waals surface area contributed by atoms with Crippen LogP contribution < -0.4 is 0 Å². The maximum absolute atomic E-state index is 5.83. The summed E-state index contributed by atoms with van der Waals surface area (Å²) in [7, 11) is 0. The van der Waals surface area contributed by atoms with Crippen LogP contribution in [-0.4, -0.2) is 29.4 Å². The van der Waals surface area contributed by atoms with Crippen molar-refractivity contribution in [2.75, 3.05) is 19.0 Å². The van der Waals surface area contributed by atoms with Gasteiger partial charge in [-0.3, -0.25) is 4.90 Å². The van der Waals surface area contributed by atoms with Crippen LogP contribution in [0.25, 0.3) is 0 Å². The molecule has 0 aliphatic carbocycles. The van der Waals surface area contributed by atoms with Crippen molar-refractivity contribution in [1.29, 1.82) is 0 Å². The van der Waals surface area contributed by atoms with E-state index in [1.54, 1.807) is 0 Å². The van der Waals surface area contributed by atoms with E-state index in [0.717, 1.165) is 13.1 Å². The normalized spacial score (nSPS) is 14.3. The molecule has 56 valence electrons. The molecule has 0 aromatic carbocycles. The van der Waals surface area contributed by atoms with Crippen molar-refractivity contribution in [3.63, 3.8) is 0 Å². The average Bonchev–Trinajstić information content (AvgIpc) is 1.90. The van der Waals surface area contributed by atoms with Crippen molar-refractivity contribution in [1.82, 2.24) is 4.90 Å². The second-order valence-electron chi connectivity index (χ2n) is 1.81. The summed E-state index contributed by atoms with van der Waals surface area (Å²) in [6.07, 6.45) is 0. The number of rotatable bonds is 4. The lowest BCUT2D eigenvalue weighted by Gasteiger charge is -2.21. The molecule has 0 bridgehead atoms. The number of hydrogen-bond acceptors (Lipinski definition) is 1. The Balaban J connectivity index is 3.50. The van der Waals surface area contributed by atoms with Crippen LogP contribution in [0, 0.1) is 0 Å². The fourth-order valence-electron chi connectivity index (χ4n) is 0.717. The topological polar surface area (TPSA) is 3.24 Å². The fraction of sp³-hybridized carbons (Fsp3) is 1.00. The molecule has 0 N–H and O–H groups in total. The van der Waals surface area contributed by atoms with Crippen LogP contribution in [-0.2, 0) is 0 Å². The van der Waals surface area contributed by atoms with Gasteiger partial charge in [0.1, 0.15) is 0 Å². The molecule has 9 heavy (non-hydrogen) atoms. The van der Waals surface area contributed by atoms with E-state index in [0.29, 0.717) is 5.88 Å². The Morgan fingerprint density at radius 2 is 1.78 bits per heavy atom. The van der Waals surface area contributed by atoms with E-state index >= 15 is 0 Å². The van der Waals surface area contributed by atoms with Crippen molar-refractivity contribution >= 4 is 23.2 Å². The third-order valence-corrected chi connectivity index (χ3v) is 2.22. The van der Waals surface area contributed by atoms with Gasteiger partial charge in [-0.1, -0.05) is 13.8 Å². The first-order valence-corrected chi connectivity index (χ1v) is 4.17. The van der Waals surface area contributed by atoms with E-state index in [1.165, 1.54) is 0 Å². The molecular weight excluding hydrogens is 157 g/mol. The molecule has 1 unspecified atom stereocenters. The zero-order valence-corrected chi connectivity index (χ0v) is 7.41. The van der Waals surface area contributed by atoms with Crippen molar-refractivity contribution in [2.24, 2.45) is 0 Å². The highest BCUT2D eigenvalue weighted by Crippen LogP contribution is 2.04. The second kappa shape index (κ2) is 5.33. The predicted octanol–water partition coefficient (Wildman–Crippen LogP) is 2.13. The molecule has 0 aromatic heterocycles. The lowest BCUT2D eigenvalue weighted by molar-refractivity contribution is 0.294. The van der Waals surface area contributed by atoms with E-state index in [9.17, 15) is 0 Å². The van der Waals surface area contributed by atoms with Crippen LogP contribution in [0.2, 0.25) is 0 Å². The molecule has 3 heteroatoms. The Kier molecular flexibility index (Phi) is 5.65. The van der Waals surface area contributed by atoms with E-state index in [2.05, 4.69) is 18.7 Å². The van der Waals surface area contributed by atoms with Crippen LogP contribution in [0.15, 0.2) is 0 Å².